The third-order valence-corrected chi connectivity index (χ3v) is 2.82. The number of hydrogen-bond acceptors (Lipinski definition) is 4. The van der Waals surface area contributed by atoms with Crippen molar-refractivity contribution in [3.05, 3.63) is 12.2 Å². The largest absolute Gasteiger partial charge is 0.460 e. The highest BCUT2D eigenvalue weighted by Gasteiger charge is 2.27. The topological polar surface area (TPSA) is 52.6 Å². The molecule has 0 radical (unpaired) electrons. The molecule has 0 spiro atoms. The number of ether oxygens (including phenoxy) is 2. The van der Waals surface area contributed by atoms with E-state index in [2.05, 4.69) is 6.58 Å². The molecule has 0 bridgehead atoms. The van der Waals surface area contributed by atoms with Gasteiger partial charge in [0, 0.05) is 5.57 Å². The molecule has 1 unspecified atom stereocenters. The molecule has 0 aromatic rings. The number of carbonyl (C=O) groups is 2. The molecule has 0 heterocycles. The van der Waals surface area contributed by atoms with Crippen molar-refractivity contribution in [2.45, 2.75) is 58.2 Å². The Kier molecular flexibility index (Phi) is 5.19. The summed E-state index contributed by atoms with van der Waals surface area (Å²) in [5.41, 5.74) is 0.289. The van der Waals surface area contributed by atoms with Crippen LogP contribution in [0.4, 0.5) is 0 Å². The van der Waals surface area contributed by atoms with E-state index in [1.807, 2.05) is 0 Å². The van der Waals surface area contributed by atoms with Gasteiger partial charge >= 0.3 is 11.9 Å². The molecule has 1 atom stereocenters. The van der Waals surface area contributed by atoms with E-state index in [1.165, 1.54) is 0 Å². The fourth-order valence-electron chi connectivity index (χ4n) is 1.77. The number of hydrogen-bond donors (Lipinski definition) is 0. The summed E-state index contributed by atoms with van der Waals surface area (Å²) in [6, 6.07) is 0. The molecule has 1 aliphatic carbocycles. The zero-order valence-corrected chi connectivity index (χ0v) is 10.5. The van der Waals surface area contributed by atoms with Crippen LogP contribution in [0, 0.1) is 0 Å². The molecule has 0 saturated heterocycles. The zero-order chi connectivity index (χ0) is 12.8. The highest BCUT2D eigenvalue weighted by molar-refractivity contribution is 5.89. The van der Waals surface area contributed by atoms with Gasteiger partial charge < -0.3 is 9.47 Å². The van der Waals surface area contributed by atoms with Gasteiger partial charge in [-0.2, -0.15) is 0 Å². The van der Waals surface area contributed by atoms with Crippen LogP contribution >= 0.6 is 0 Å². The summed E-state index contributed by atoms with van der Waals surface area (Å²) in [5, 5.41) is 0. The standard InChI is InChI=1S/C13H20O4/c1-4-11(17-12(14)9(2)3)13(15)16-10-7-5-6-8-10/h10-11H,2,4-8H2,1,3H3. The molecule has 1 aliphatic rings. The smallest absolute Gasteiger partial charge is 0.347 e. The van der Waals surface area contributed by atoms with Crippen molar-refractivity contribution in [2.75, 3.05) is 0 Å². The zero-order valence-electron chi connectivity index (χ0n) is 10.5. The Morgan fingerprint density at radius 2 is 1.94 bits per heavy atom. The minimum absolute atomic E-state index is 0.0000742. The first kappa shape index (κ1) is 13.7. The van der Waals surface area contributed by atoms with Gasteiger partial charge in [-0.05, 0) is 39.0 Å². The first-order valence-electron chi connectivity index (χ1n) is 6.11. The van der Waals surface area contributed by atoms with E-state index in [1.54, 1.807) is 13.8 Å². The predicted octanol–water partition coefficient (Wildman–Crippen LogP) is 2.37. The SMILES string of the molecule is C=C(C)C(=O)OC(CC)C(=O)OC1CCCC1. The van der Waals surface area contributed by atoms with Crippen LogP contribution < -0.4 is 0 Å². The Bertz CT molecular complexity index is 303. The van der Waals surface area contributed by atoms with Crippen LogP contribution in [-0.4, -0.2) is 24.1 Å². The van der Waals surface area contributed by atoms with E-state index in [-0.39, 0.29) is 11.7 Å². The lowest BCUT2D eigenvalue weighted by Gasteiger charge is -2.18. The van der Waals surface area contributed by atoms with Crippen LogP contribution in [0.25, 0.3) is 0 Å². The molecular formula is C13H20O4. The van der Waals surface area contributed by atoms with Gasteiger partial charge in [-0.3, -0.25) is 0 Å². The summed E-state index contributed by atoms with van der Waals surface area (Å²) in [6.07, 6.45) is 3.64. The van der Waals surface area contributed by atoms with Crippen LogP contribution in [0.15, 0.2) is 12.2 Å². The summed E-state index contributed by atoms with van der Waals surface area (Å²) in [5.74, 6) is -0.978. The average molecular weight is 240 g/mol. The number of esters is 2. The maximum Gasteiger partial charge on any atom is 0.347 e. The quantitative estimate of drug-likeness (QED) is 0.547. The highest BCUT2D eigenvalue weighted by Crippen LogP contribution is 2.22. The van der Waals surface area contributed by atoms with E-state index in [9.17, 15) is 9.59 Å². The third-order valence-electron chi connectivity index (χ3n) is 2.82. The van der Waals surface area contributed by atoms with Gasteiger partial charge in [-0.15, -0.1) is 0 Å². The molecule has 17 heavy (non-hydrogen) atoms. The first-order chi connectivity index (χ1) is 8.04. The van der Waals surface area contributed by atoms with Gasteiger partial charge in [0.2, 0.25) is 0 Å². The average Bonchev–Trinajstić information content (AvgIpc) is 2.77. The predicted molar refractivity (Wildman–Crippen MR) is 63.3 cm³/mol. The lowest BCUT2D eigenvalue weighted by molar-refractivity contribution is -0.169. The Morgan fingerprint density at radius 1 is 1.35 bits per heavy atom. The van der Waals surface area contributed by atoms with Crippen LogP contribution in [0.1, 0.15) is 46.0 Å². The summed E-state index contributed by atoms with van der Waals surface area (Å²) in [4.78, 5) is 23.1. The molecule has 0 aromatic heterocycles. The molecule has 0 aromatic carbocycles. The van der Waals surface area contributed by atoms with Gasteiger partial charge in [-0.25, -0.2) is 9.59 Å². The van der Waals surface area contributed by atoms with Gasteiger partial charge in [0.05, 0.1) is 0 Å². The van der Waals surface area contributed by atoms with Crippen molar-refractivity contribution in [3.63, 3.8) is 0 Å². The Balaban J connectivity index is 2.45. The Morgan fingerprint density at radius 3 is 2.41 bits per heavy atom. The second kappa shape index (κ2) is 6.42. The van der Waals surface area contributed by atoms with E-state index >= 15 is 0 Å². The van der Waals surface area contributed by atoms with E-state index < -0.39 is 18.0 Å². The summed E-state index contributed by atoms with van der Waals surface area (Å²) in [6.45, 7) is 6.82. The molecule has 1 rings (SSSR count). The highest BCUT2D eigenvalue weighted by atomic mass is 16.6. The van der Waals surface area contributed by atoms with Crippen LogP contribution in [0.3, 0.4) is 0 Å². The first-order valence-corrected chi connectivity index (χ1v) is 6.11. The summed E-state index contributed by atoms with van der Waals surface area (Å²) in [7, 11) is 0. The Labute approximate surface area is 102 Å². The maximum atomic E-state index is 11.8. The molecule has 0 aliphatic heterocycles. The van der Waals surface area contributed by atoms with Crippen LogP contribution in [0.2, 0.25) is 0 Å². The maximum absolute atomic E-state index is 11.8. The molecule has 0 N–H and O–H groups in total. The summed E-state index contributed by atoms with van der Waals surface area (Å²) >= 11 is 0. The molecule has 4 nitrogen and oxygen atoms in total. The van der Waals surface area contributed by atoms with Crippen molar-refractivity contribution in [2.24, 2.45) is 0 Å². The molecular weight excluding hydrogens is 220 g/mol. The van der Waals surface area contributed by atoms with Gasteiger partial charge in [0.25, 0.3) is 0 Å². The van der Waals surface area contributed by atoms with E-state index in [0.29, 0.717) is 6.42 Å². The van der Waals surface area contributed by atoms with Gasteiger partial charge in [-0.1, -0.05) is 13.5 Å². The van der Waals surface area contributed by atoms with Crippen molar-refractivity contribution in [1.29, 1.82) is 0 Å². The molecule has 96 valence electrons. The number of rotatable bonds is 5. The van der Waals surface area contributed by atoms with Crippen molar-refractivity contribution >= 4 is 11.9 Å². The third kappa shape index (κ3) is 4.21. The van der Waals surface area contributed by atoms with Crippen LogP contribution in [0.5, 0.6) is 0 Å². The minimum atomic E-state index is -0.806. The van der Waals surface area contributed by atoms with Crippen LogP contribution in [-0.2, 0) is 19.1 Å². The Hall–Kier alpha value is -1.32. The lowest BCUT2D eigenvalue weighted by Crippen LogP contribution is -2.31. The van der Waals surface area contributed by atoms with Crippen molar-refractivity contribution < 1.29 is 19.1 Å². The minimum Gasteiger partial charge on any atom is -0.460 e. The normalized spacial score (nSPS) is 17.5. The fraction of sp³-hybridized carbons (Fsp3) is 0.692. The molecule has 1 saturated carbocycles. The van der Waals surface area contributed by atoms with Crippen molar-refractivity contribution in [1.82, 2.24) is 0 Å². The summed E-state index contributed by atoms with van der Waals surface area (Å²) < 4.78 is 10.3. The number of carbonyl (C=O) groups excluding carboxylic acids is 2. The second-order valence-electron chi connectivity index (χ2n) is 4.43. The molecule has 4 heteroatoms. The van der Waals surface area contributed by atoms with Gasteiger partial charge in [0.1, 0.15) is 6.10 Å². The van der Waals surface area contributed by atoms with E-state index in [0.717, 1.165) is 25.7 Å². The van der Waals surface area contributed by atoms with Crippen molar-refractivity contribution in [3.8, 4) is 0 Å². The fourth-order valence-corrected chi connectivity index (χ4v) is 1.77. The lowest BCUT2D eigenvalue weighted by atomic mass is 10.2. The molecule has 0 amide bonds. The van der Waals surface area contributed by atoms with Gasteiger partial charge in [0.15, 0.2) is 6.10 Å². The monoisotopic (exact) mass is 240 g/mol. The van der Waals surface area contributed by atoms with E-state index in [4.69, 9.17) is 9.47 Å². The second-order valence-corrected chi connectivity index (χ2v) is 4.43. The molecule has 1 fully saturated rings.